The molecule has 2 aliphatic rings. The Morgan fingerprint density at radius 3 is 2.75 bits per heavy atom. The van der Waals surface area contributed by atoms with Crippen LogP contribution in [-0.4, -0.2) is 22.2 Å². The van der Waals surface area contributed by atoms with Crippen LogP contribution in [-0.2, 0) is 30.6 Å². The number of aryl methyl sites for hydroxylation is 3. The maximum atomic E-state index is 12.8. The zero-order valence-electron chi connectivity index (χ0n) is 13.7. The lowest BCUT2D eigenvalue weighted by Gasteiger charge is -2.29. The van der Waals surface area contributed by atoms with Gasteiger partial charge in [-0.15, -0.1) is 0 Å². The molecule has 0 unspecified atom stereocenters. The van der Waals surface area contributed by atoms with E-state index >= 15 is 0 Å². The molecule has 5 heteroatoms. The maximum Gasteiger partial charge on any atom is 0.267 e. The molecule has 124 valence electrons. The first-order valence-corrected chi connectivity index (χ1v) is 8.70. The van der Waals surface area contributed by atoms with Crippen LogP contribution in [0.4, 0.5) is 5.69 Å². The molecule has 0 radical (unpaired) electrons. The second-order valence-electron chi connectivity index (χ2n) is 6.60. The highest BCUT2D eigenvalue weighted by molar-refractivity contribution is 5.94. The van der Waals surface area contributed by atoms with Crippen LogP contribution in [0.3, 0.4) is 0 Å². The summed E-state index contributed by atoms with van der Waals surface area (Å²) >= 11 is 0. The van der Waals surface area contributed by atoms with Crippen LogP contribution in [0.5, 0.6) is 0 Å². The third-order valence-electron chi connectivity index (χ3n) is 4.97. The van der Waals surface area contributed by atoms with Crippen molar-refractivity contribution >= 4 is 11.6 Å². The topological polar surface area (TPSA) is 55.2 Å². The summed E-state index contributed by atoms with van der Waals surface area (Å²) in [6.45, 7) is 0.718. The Bertz CT molecular complexity index is 841. The smallest absolute Gasteiger partial charge is 0.267 e. The standard InChI is InChI=1S/C19H21N3O2/c23-18-12-15-7-1-3-9-16(15)20-22(18)13-19(24)21-11-5-8-14-6-2-4-10-17(14)21/h2,4,6,10,12H,1,3,5,7-9,11,13H2. The molecule has 0 spiro atoms. The first-order valence-electron chi connectivity index (χ1n) is 8.70. The van der Waals surface area contributed by atoms with Crippen LogP contribution in [0.1, 0.15) is 36.1 Å². The van der Waals surface area contributed by atoms with Crippen LogP contribution >= 0.6 is 0 Å². The summed E-state index contributed by atoms with van der Waals surface area (Å²) in [5.41, 5.74) is 4.03. The van der Waals surface area contributed by atoms with E-state index in [9.17, 15) is 9.59 Å². The number of hydrogen-bond acceptors (Lipinski definition) is 3. The van der Waals surface area contributed by atoms with Gasteiger partial charge in [0, 0.05) is 18.3 Å². The first kappa shape index (κ1) is 15.1. The van der Waals surface area contributed by atoms with Gasteiger partial charge in [-0.05, 0) is 55.7 Å². The monoisotopic (exact) mass is 323 g/mol. The lowest BCUT2D eigenvalue weighted by atomic mass is 9.97. The van der Waals surface area contributed by atoms with Crippen molar-refractivity contribution < 1.29 is 4.79 Å². The fourth-order valence-corrected chi connectivity index (χ4v) is 3.72. The van der Waals surface area contributed by atoms with E-state index in [2.05, 4.69) is 11.2 Å². The fraction of sp³-hybridized carbons (Fsp3) is 0.421. The van der Waals surface area contributed by atoms with Gasteiger partial charge in [0.2, 0.25) is 5.91 Å². The van der Waals surface area contributed by atoms with E-state index in [0.29, 0.717) is 6.54 Å². The molecular weight excluding hydrogens is 302 g/mol. The summed E-state index contributed by atoms with van der Waals surface area (Å²) in [4.78, 5) is 26.9. The number of para-hydroxylation sites is 1. The molecule has 0 N–H and O–H groups in total. The minimum absolute atomic E-state index is 0.0143. The Morgan fingerprint density at radius 1 is 1.04 bits per heavy atom. The van der Waals surface area contributed by atoms with Crippen molar-refractivity contribution in [2.45, 2.75) is 45.1 Å². The van der Waals surface area contributed by atoms with Crippen LogP contribution in [0.15, 0.2) is 35.1 Å². The number of rotatable bonds is 2. The van der Waals surface area contributed by atoms with Crippen LogP contribution in [0.25, 0.3) is 0 Å². The van der Waals surface area contributed by atoms with Gasteiger partial charge >= 0.3 is 0 Å². The average molecular weight is 323 g/mol. The van der Waals surface area contributed by atoms with E-state index < -0.39 is 0 Å². The number of aromatic nitrogens is 2. The number of carbonyl (C=O) groups is 1. The number of fused-ring (bicyclic) bond motifs is 2. The van der Waals surface area contributed by atoms with Crippen molar-refractivity contribution in [1.29, 1.82) is 0 Å². The Hall–Kier alpha value is -2.43. The molecule has 1 aliphatic heterocycles. The quantitative estimate of drug-likeness (QED) is 0.850. The second kappa shape index (κ2) is 6.23. The average Bonchev–Trinajstić information content (AvgIpc) is 2.62. The van der Waals surface area contributed by atoms with Crippen LogP contribution in [0.2, 0.25) is 0 Å². The Kier molecular flexibility index (Phi) is 3.92. The van der Waals surface area contributed by atoms with Crippen LogP contribution < -0.4 is 10.5 Å². The number of amides is 1. The van der Waals surface area contributed by atoms with Gasteiger partial charge in [0.1, 0.15) is 6.54 Å². The van der Waals surface area contributed by atoms with Gasteiger partial charge in [-0.1, -0.05) is 18.2 Å². The molecule has 4 rings (SSSR count). The Labute approximate surface area is 140 Å². The van der Waals surface area contributed by atoms with Crippen molar-refractivity contribution in [3.63, 3.8) is 0 Å². The summed E-state index contributed by atoms with van der Waals surface area (Å²) in [5.74, 6) is -0.0625. The van der Waals surface area contributed by atoms with Gasteiger partial charge in [-0.25, -0.2) is 4.68 Å². The molecular formula is C19H21N3O2. The first-order chi connectivity index (χ1) is 11.7. The van der Waals surface area contributed by atoms with Gasteiger partial charge < -0.3 is 4.90 Å². The van der Waals surface area contributed by atoms with Crippen molar-refractivity contribution in [2.75, 3.05) is 11.4 Å². The summed E-state index contributed by atoms with van der Waals surface area (Å²) in [6, 6.07) is 9.67. The van der Waals surface area contributed by atoms with Gasteiger partial charge in [-0.2, -0.15) is 5.10 Å². The number of hydrogen-bond donors (Lipinski definition) is 0. The lowest BCUT2D eigenvalue weighted by Crippen LogP contribution is -2.40. The van der Waals surface area contributed by atoms with E-state index in [4.69, 9.17) is 0 Å². The largest absolute Gasteiger partial charge is 0.311 e. The highest BCUT2D eigenvalue weighted by Crippen LogP contribution is 2.26. The van der Waals surface area contributed by atoms with Crippen molar-refractivity contribution in [1.82, 2.24) is 9.78 Å². The fourth-order valence-electron chi connectivity index (χ4n) is 3.72. The Morgan fingerprint density at radius 2 is 1.83 bits per heavy atom. The number of nitrogens with zero attached hydrogens (tertiary/aromatic N) is 3. The predicted molar refractivity (Wildman–Crippen MR) is 92.3 cm³/mol. The molecule has 1 amide bonds. The summed E-state index contributed by atoms with van der Waals surface area (Å²) in [7, 11) is 0. The summed E-state index contributed by atoms with van der Waals surface area (Å²) < 4.78 is 1.34. The van der Waals surface area contributed by atoms with E-state index in [1.54, 1.807) is 11.0 Å². The molecule has 0 saturated carbocycles. The van der Waals surface area contributed by atoms with Gasteiger partial charge in [0.15, 0.2) is 0 Å². The minimum Gasteiger partial charge on any atom is -0.311 e. The van der Waals surface area contributed by atoms with E-state index in [0.717, 1.165) is 55.5 Å². The van der Waals surface area contributed by atoms with Crippen molar-refractivity contribution in [3.8, 4) is 0 Å². The molecule has 1 aromatic heterocycles. The minimum atomic E-state index is -0.172. The van der Waals surface area contributed by atoms with Crippen LogP contribution in [0, 0.1) is 0 Å². The molecule has 24 heavy (non-hydrogen) atoms. The van der Waals surface area contributed by atoms with Gasteiger partial charge in [-0.3, -0.25) is 9.59 Å². The van der Waals surface area contributed by atoms with E-state index in [1.165, 1.54) is 10.2 Å². The molecule has 2 heterocycles. The molecule has 0 bridgehead atoms. The maximum absolute atomic E-state index is 12.8. The normalized spacial score (nSPS) is 16.4. The zero-order chi connectivity index (χ0) is 16.5. The highest BCUT2D eigenvalue weighted by Gasteiger charge is 2.23. The number of anilines is 1. The predicted octanol–water partition coefficient (Wildman–Crippen LogP) is 2.10. The zero-order valence-corrected chi connectivity index (χ0v) is 13.7. The number of benzene rings is 1. The third kappa shape index (κ3) is 2.75. The summed E-state index contributed by atoms with van der Waals surface area (Å²) in [5, 5.41) is 4.46. The Balaban J connectivity index is 1.60. The molecule has 5 nitrogen and oxygen atoms in total. The lowest BCUT2D eigenvalue weighted by molar-refractivity contribution is -0.119. The third-order valence-corrected chi connectivity index (χ3v) is 4.97. The molecule has 1 aliphatic carbocycles. The van der Waals surface area contributed by atoms with Crippen molar-refractivity contribution in [2.24, 2.45) is 0 Å². The van der Waals surface area contributed by atoms with Gasteiger partial charge in [0.05, 0.1) is 5.69 Å². The highest BCUT2D eigenvalue weighted by atomic mass is 16.2. The SMILES string of the molecule is O=C(Cn1nc2c(cc1=O)CCCC2)N1CCCc2ccccc21. The molecule has 0 atom stereocenters. The number of carbonyl (C=O) groups excluding carboxylic acids is 1. The molecule has 2 aromatic rings. The molecule has 1 aromatic carbocycles. The molecule has 0 saturated heterocycles. The summed E-state index contributed by atoms with van der Waals surface area (Å²) in [6.07, 6.45) is 5.99. The molecule has 0 fully saturated rings. The van der Waals surface area contributed by atoms with E-state index in [-0.39, 0.29) is 18.0 Å². The second-order valence-corrected chi connectivity index (χ2v) is 6.60. The van der Waals surface area contributed by atoms with E-state index in [1.807, 2.05) is 18.2 Å². The van der Waals surface area contributed by atoms with Crippen molar-refractivity contribution in [3.05, 3.63) is 57.5 Å². The van der Waals surface area contributed by atoms with Gasteiger partial charge in [0.25, 0.3) is 5.56 Å².